The van der Waals surface area contributed by atoms with Crippen molar-refractivity contribution in [1.82, 2.24) is 10.3 Å². The number of piperidine rings is 1. The first-order chi connectivity index (χ1) is 12.0. The van der Waals surface area contributed by atoms with Gasteiger partial charge in [-0.15, -0.1) is 11.3 Å². The summed E-state index contributed by atoms with van der Waals surface area (Å²) < 4.78 is 13.1. The maximum absolute atomic E-state index is 13.1. The minimum Gasteiger partial charge on any atom is -0.356 e. The minimum atomic E-state index is -0.235. The van der Waals surface area contributed by atoms with Gasteiger partial charge in [0, 0.05) is 36.5 Å². The highest BCUT2D eigenvalue weighted by molar-refractivity contribution is 7.14. The third-order valence-corrected chi connectivity index (χ3v) is 5.41. The van der Waals surface area contributed by atoms with Gasteiger partial charge in [-0.05, 0) is 43.0 Å². The van der Waals surface area contributed by atoms with E-state index in [0.29, 0.717) is 5.92 Å². The molecule has 0 radical (unpaired) electrons. The van der Waals surface area contributed by atoms with Crippen LogP contribution in [0.1, 0.15) is 26.7 Å². The quantitative estimate of drug-likeness (QED) is 0.877. The molecule has 134 valence electrons. The Balaban J connectivity index is 1.62. The highest BCUT2D eigenvalue weighted by Crippen LogP contribution is 2.30. The number of hydrogen-bond donors (Lipinski definition) is 1. The molecule has 4 nitrogen and oxygen atoms in total. The Morgan fingerprint density at radius 3 is 2.88 bits per heavy atom. The average Bonchev–Trinajstić information content (AvgIpc) is 3.10. The van der Waals surface area contributed by atoms with Gasteiger partial charge in [-0.25, -0.2) is 9.37 Å². The molecule has 1 aromatic heterocycles. The molecule has 1 saturated heterocycles. The van der Waals surface area contributed by atoms with E-state index in [4.69, 9.17) is 4.98 Å². The second-order valence-electron chi connectivity index (χ2n) is 6.88. The van der Waals surface area contributed by atoms with Crippen LogP contribution >= 0.6 is 11.3 Å². The van der Waals surface area contributed by atoms with Crippen molar-refractivity contribution in [2.75, 3.05) is 24.5 Å². The number of carbonyl (C=O) groups is 1. The van der Waals surface area contributed by atoms with E-state index in [2.05, 4.69) is 10.2 Å². The lowest BCUT2D eigenvalue weighted by Crippen LogP contribution is -2.41. The molecule has 3 rings (SSSR count). The van der Waals surface area contributed by atoms with Crippen LogP contribution in [0.15, 0.2) is 29.6 Å². The minimum absolute atomic E-state index is 0.0249. The van der Waals surface area contributed by atoms with Gasteiger partial charge in [0.25, 0.3) is 0 Å². The third-order valence-electron chi connectivity index (χ3n) is 4.51. The number of benzene rings is 1. The van der Waals surface area contributed by atoms with Gasteiger partial charge in [0.2, 0.25) is 5.91 Å². The summed E-state index contributed by atoms with van der Waals surface area (Å²) in [7, 11) is 0. The number of halogens is 1. The molecule has 2 heterocycles. The Kier molecular flexibility index (Phi) is 5.68. The topological polar surface area (TPSA) is 45.2 Å². The molecule has 1 N–H and O–H groups in total. The van der Waals surface area contributed by atoms with Crippen LogP contribution in [0.25, 0.3) is 11.3 Å². The van der Waals surface area contributed by atoms with Crippen molar-refractivity contribution in [2.24, 2.45) is 11.8 Å². The molecule has 1 aliphatic rings. The van der Waals surface area contributed by atoms with Crippen LogP contribution in [-0.2, 0) is 4.79 Å². The molecule has 0 aliphatic carbocycles. The molecule has 25 heavy (non-hydrogen) atoms. The van der Waals surface area contributed by atoms with Crippen molar-refractivity contribution in [1.29, 1.82) is 0 Å². The Morgan fingerprint density at radius 1 is 1.40 bits per heavy atom. The summed E-state index contributed by atoms with van der Waals surface area (Å²) in [6.45, 7) is 6.45. The zero-order chi connectivity index (χ0) is 17.8. The van der Waals surface area contributed by atoms with Crippen LogP contribution in [0, 0.1) is 17.7 Å². The number of carbonyl (C=O) groups excluding carboxylic acids is 1. The fraction of sp³-hybridized carbons (Fsp3) is 0.474. The molecule has 2 aromatic rings. The van der Waals surface area contributed by atoms with Crippen LogP contribution in [-0.4, -0.2) is 30.5 Å². The predicted octanol–water partition coefficient (Wildman–Crippen LogP) is 3.94. The third kappa shape index (κ3) is 4.57. The van der Waals surface area contributed by atoms with Crippen LogP contribution < -0.4 is 10.2 Å². The number of anilines is 1. The molecule has 1 aromatic carbocycles. The molecule has 0 bridgehead atoms. The van der Waals surface area contributed by atoms with E-state index >= 15 is 0 Å². The normalized spacial score (nSPS) is 17.8. The summed E-state index contributed by atoms with van der Waals surface area (Å²) in [5, 5.41) is 6.06. The smallest absolute Gasteiger partial charge is 0.222 e. The van der Waals surface area contributed by atoms with Gasteiger partial charge in [-0.3, -0.25) is 4.79 Å². The van der Waals surface area contributed by atoms with Crippen LogP contribution in [0.5, 0.6) is 0 Å². The number of nitrogens with one attached hydrogen (secondary N) is 1. The first-order valence-electron chi connectivity index (χ1n) is 8.77. The summed E-state index contributed by atoms with van der Waals surface area (Å²) in [6.07, 6.45) is 2.23. The number of thiazole rings is 1. The van der Waals surface area contributed by atoms with Gasteiger partial charge in [0.05, 0.1) is 5.69 Å². The van der Waals surface area contributed by atoms with Crippen molar-refractivity contribution >= 4 is 22.4 Å². The lowest BCUT2D eigenvalue weighted by atomic mass is 9.98. The molecule has 1 fully saturated rings. The monoisotopic (exact) mass is 361 g/mol. The Morgan fingerprint density at radius 2 is 2.16 bits per heavy atom. The van der Waals surface area contributed by atoms with Crippen molar-refractivity contribution in [2.45, 2.75) is 26.7 Å². The fourth-order valence-corrected chi connectivity index (χ4v) is 3.89. The molecule has 0 saturated carbocycles. The maximum Gasteiger partial charge on any atom is 0.222 e. The van der Waals surface area contributed by atoms with Crippen LogP contribution in [0.3, 0.4) is 0 Å². The average molecular weight is 361 g/mol. The van der Waals surface area contributed by atoms with Crippen molar-refractivity contribution in [3.8, 4) is 11.3 Å². The van der Waals surface area contributed by atoms with E-state index in [9.17, 15) is 9.18 Å². The molecule has 1 atom stereocenters. The molecule has 1 amide bonds. The number of nitrogens with zero attached hydrogens (tertiary/aromatic N) is 2. The van der Waals surface area contributed by atoms with E-state index in [1.807, 2.05) is 19.2 Å². The summed E-state index contributed by atoms with van der Waals surface area (Å²) in [5.74, 6) is 0.359. The Labute approximate surface area is 152 Å². The predicted molar refractivity (Wildman–Crippen MR) is 100 cm³/mol. The van der Waals surface area contributed by atoms with Crippen molar-refractivity contribution in [3.05, 3.63) is 35.5 Å². The SMILES string of the molecule is CC(C)C(=O)NCC1CCCN(c2nc(-c3ccc(F)cc3)cs2)C1. The first kappa shape index (κ1) is 17.9. The highest BCUT2D eigenvalue weighted by atomic mass is 32.1. The number of amides is 1. The molecular weight excluding hydrogens is 337 g/mol. The number of rotatable bonds is 5. The molecule has 1 unspecified atom stereocenters. The molecule has 6 heteroatoms. The summed E-state index contributed by atoms with van der Waals surface area (Å²) in [5.41, 5.74) is 1.82. The van der Waals surface area contributed by atoms with E-state index in [-0.39, 0.29) is 17.6 Å². The lowest BCUT2D eigenvalue weighted by molar-refractivity contribution is -0.124. The van der Waals surface area contributed by atoms with E-state index in [0.717, 1.165) is 48.9 Å². The van der Waals surface area contributed by atoms with Gasteiger partial charge in [-0.1, -0.05) is 13.8 Å². The van der Waals surface area contributed by atoms with E-state index in [1.54, 1.807) is 23.5 Å². The molecule has 1 aliphatic heterocycles. The zero-order valence-electron chi connectivity index (χ0n) is 14.7. The van der Waals surface area contributed by atoms with Gasteiger partial charge < -0.3 is 10.2 Å². The number of aromatic nitrogens is 1. The first-order valence-corrected chi connectivity index (χ1v) is 9.65. The van der Waals surface area contributed by atoms with Gasteiger partial charge >= 0.3 is 0 Å². The lowest BCUT2D eigenvalue weighted by Gasteiger charge is -2.32. The fourth-order valence-electron chi connectivity index (χ4n) is 3.02. The summed E-state index contributed by atoms with van der Waals surface area (Å²) in [6, 6.07) is 6.44. The summed E-state index contributed by atoms with van der Waals surface area (Å²) in [4.78, 5) is 18.8. The second kappa shape index (κ2) is 7.95. The van der Waals surface area contributed by atoms with Crippen LogP contribution in [0.2, 0.25) is 0 Å². The zero-order valence-corrected chi connectivity index (χ0v) is 15.5. The highest BCUT2D eigenvalue weighted by Gasteiger charge is 2.23. The van der Waals surface area contributed by atoms with E-state index in [1.165, 1.54) is 12.1 Å². The van der Waals surface area contributed by atoms with Gasteiger partial charge in [0.15, 0.2) is 5.13 Å². The molecule has 0 spiro atoms. The second-order valence-corrected chi connectivity index (χ2v) is 7.71. The van der Waals surface area contributed by atoms with Crippen LogP contribution in [0.4, 0.5) is 9.52 Å². The van der Waals surface area contributed by atoms with Gasteiger partial charge in [-0.2, -0.15) is 0 Å². The maximum atomic E-state index is 13.1. The van der Waals surface area contributed by atoms with Crippen molar-refractivity contribution < 1.29 is 9.18 Å². The Bertz CT molecular complexity index is 714. The van der Waals surface area contributed by atoms with E-state index < -0.39 is 0 Å². The summed E-state index contributed by atoms with van der Waals surface area (Å²) >= 11 is 1.62. The largest absolute Gasteiger partial charge is 0.356 e. The number of hydrogen-bond acceptors (Lipinski definition) is 4. The van der Waals surface area contributed by atoms with Gasteiger partial charge in [0.1, 0.15) is 5.82 Å². The standard InChI is InChI=1S/C19H24FN3OS/c1-13(2)18(24)21-10-14-4-3-9-23(11-14)19-22-17(12-25-19)15-5-7-16(20)8-6-15/h5-8,12-14H,3-4,9-11H2,1-2H3,(H,21,24). The Hall–Kier alpha value is -1.95. The van der Waals surface area contributed by atoms with Crippen molar-refractivity contribution in [3.63, 3.8) is 0 Å². The molecular formula is C19H24FN3OS.